The van der Waals surface area contributed by atoms with Crippen molar-refractivity contribution in [3.05, 3.63) is 28.2 Å². The number of hydrogen-bond donors (Lipinski definition) is 1. The van der Waals surface area contributed by atoms with Gasteiger partial charge in [-0.2, -0.15) is 0 Å². The van der Waals surface area contributed by atoms with Crippen molar-refractivity contribution in [2.24, 2.45) is 0 Å². The number of anilines is 1. The largest absolute Gasteiger partial charge is 0.389 e. The highest BCUT2D eigenvalue weighted by molar-refractivity contribution is 9.10. The zero-order valence-electron chi connectivity index (χ0n) is 10.2. The van der Waals surface area contributed by atoms with Gasteiger partial charge in [0.05, 0.1) is 11.8 Å². The number of aliphatic hydroxyl groups excluding tert-OH is 1. The number of unbranched alkanes of at least 4 members (excludes halogenated alkanes) is 1. The number of halogens is 1. The molecule has 3 heteroatoms. The molecule has 0 unspecified atom stereocenters. The summed E-state index contributed by atoms with van der Waals surface area (Å²) in [6.07, 6.45) is 1.99. The van der Waals surface area contributed by atoms with E-state index in [9.17, 15) is 5.11 Å². The molecule has 1 N–H and O–H groups in total. The summed E-state index contributed by atoms with van der Waals surface area (Å²) in [6, 6.07) is 6.03. The van der Waals surface area contributed by atoms with E-state index in [2.05, 4.69) is 40.9 Å². The fraction of sp³-hybridized carbons (Fsp3) is 0.538. The monoisotopic (exact) mass is 285 g/mol. The van der Waals surface area contributed by atoms with Gasteiger partial charge in [-0.15, -0.1) is 0 Å². The number of rotatable bonds is 5. The van der Waals surface area contributed by atoms with Gasteiger partial charge in [0.1, 0.15) is 0 Å². The Morgan fingerprint density at radius 3 is 2.62 bits per heavy atom. The van der Waals surface area contributed by atoms with E-state index in [0.717, 1.165) is 16.6 Å². The number of benzene rings is 1. The molecule has 0 saturated carbocycles. The highest BCUT2D eigenvalue weighted by atomic mass is 79.9. The lowest BCUT2D eigenvalue weighted by molar-refractivity contribution is 0.199. The lowest BCUT2D eigenvalue weighted by Gasteiger charge is -2.21. The molecule has 0 aliphatic heterocycles. The minimum Gasteiger partial charge on any atom is -0.389 e. The van der Waals surface area contributed by atoms with Crippen molar-refractivity contribution in [2.75, 3.05) is 18.5 Å². The maximum atomic E-state index is 9.48. The van der Waals surface area contributed by atoms with E-state index in [-0.39, 0.29) is 0 Å². The van der Waals surface area contributed by atoms with Crippen molar-refractivity contribution in [1.82, 2.24) is 0 Å². The Bertz CT molecular complexity index is 339. The van der Waals surface area contributed by atoms with E-state index < -0.39 is 6.10 Å². The third kappa shape index (κ3) is 3.49. The molecule has 1 rings (SSSR count). The highest BCUT2D eigenvalue weighted by Crippen LogP contribution is 2.28. The van der Waals surface area contributed by atoms with Gasteiger partial charge in [0, 0.05) is 18.1 Å². The minimum absolute atomic E-state index is 0.411. The predicted octanol–water partition coefficient (Wildman–Crippen LogP) is 3.74. The van der Waals surface area contributed by atoms with Crippen molar-refractivity contribution in [3.8, 4) is 0 Å². The topological polar surface area (TPSA) is 23.5 Å². The molecule has 0 aromatic heterocycles. The molecule has 0 amide bonds. The first-order chi connectivity index (χ1) is 7.56. The molecule has 16 heavy (non-hydrogen) atoms. The van der Waals surface area contributed by atoms with E-state index in [4.69, 9.17) is 0 Å². The van der Waals surface area contributed by atoms with Gasteiger partial charge in [0.25, 0.3) is 0 Å². The molecule has 0 aliphatic carbocycles. The zero-order chi connectivity index (χ0) is 12.1. The van der Waals surface area contributed by atoms with Crippen LogP contribution in [0.15, 0.2) is 22.7 Å². The molecule has 90 valence electrons. The van der Waals surface area contributed by atoms with Crippen molar-refractivity contribution >= 4 is 21.6 Å². The Kier molecular flexibility index (Phi) is 5.29. The van der Waals surface area contributed by atoms with Crippen LogP contribution in [0.2, 0.25) is 0 Å². The average molecular weight is 286 g/mol. The summed E-state index contributed by atoms with van der Waals surface area (Å²) in [5.41, 5.74) is 2.12. The normalized spacial score (nSPS) is 12.6. The summed E-state index contributed by atoms with van der Waals surface area (Å²) in [5, 5.41) is 9.48. The Morgan fingerprint density at radius 2 is 2.12 bits per heavy atom. The molecule has 1 aromatic rings. The van der Waals surface area contributed by atoms with Crippen LogP contribution in [0.25, 0.3) is 0 Å². The molecule has 1 atom stereocenters. The van der Waals surface area contributed by atoms with Crippen LogP contribution in [0.4, 0.5) is 5.69 Å². The zero-order valence-corrected chi connectivity index (χ0v) is 11.8. The molecule has 0 spiro atoms. The third-order valence-electron chi connectivity index (χ3n) is 2.71. The lowest BCUT2D eigenvalue weighted by atomic mass is 10.1. The van der Waals surface area contributed by atoms with Crippen LogP contribution in [-0.4, -0.2) is 18.7 Å². The summed E-state index contributed by atoms with van der Waals surface area (Å²) >= 11 is 3.56. The van der Waals surface area contributed by atoms with Gasteiger partial charge in [0.2, 0.25) is 0 Å². The first-order valence-corrected chi connectivity index (χ1v) is 6.54. The summed E-state index contributed by atoms with van der Waals surface area (Å²) in [6.45, 7) is 5.03. The predicted molar refractivity (Wildman–Crippen MR) is 73.0 cm³/mol. The van der Waals surface area contributed by atoms with E-state index in [1.165, 1.54) is 18.5 Å². The standard InChI is InChI=1S/C13H20BrNO/c1-4-5-8-15(3)13-7-6-11(10(2)16)9-12(13)14/h6-7,9-10,16H,4-5,8H2,1-3H3/t10-/m0/s1. The fourth-order valence-electron chi connectivity index (χ4n) is 1.61. The molecular formula is C13H20BrNO. The van der Waals surface area contributed by atoms with Gasteiger partial charge in [-0.25, -0.2) is 0 Å². The Balaban J connectivity index is 2.81. The van der Waals surface area contributed by atoms with Gasteiger partial charge in [-0.05, 0) is 47.0 Å². The molecule has 0 saturated heterocycles. The quantitative estimate of drug-likeness (QED) is 0.891. The first kappa shape index (κ1) is 13.5. The van der Waals surface area contributed by atoms with Gasteiger partial charge in [-0.3, -0.25) is 0 Å². The van der Waals surface area contributed by atoms with Gasteiger partial charge < -0.3 is 10.0 Å². The van der Waals surface area contributed by atoms with Crippen LogP contribution < -0.4 is 4.90 Å². The Labute approximate surface area is 106 Å². The molecular weight excluding hydrogens is 266 g/mol. The summed E-state index contributed by atoms with van der Waals surface area (Å²) in [5.74, 6) is 0. The van der Waals surface area contributed by atoms with Crippen LogP contribution in [0.3, 0.4) is 0 Å². The molecule has 2 nitrogen and oxygen atoms in total. The SMILES string of the molecule is CCCCN(C)c1ccc([C@H](C)O)cc1Br. The third-order valence-corrected chi connectivity index (χ3v) is 3.35. The highest BCUT2D eigenvalue weighted by Gasteiger charge is 2.08. The molecule has 0 bridgehead atoms. The molecule has 0 heterocycles. The maximum Gasteiger partial charge on any atom is 0.0762 e. The lowest BCUT2D eigenvalue weighted by Crippen LogP contribution is -2.18. The Hall–Kier alpha value is -0.540. The van der Waals surface area contributed by atoms with Gasteiger partial charge >= 0.3 is 0 Å². The summed E-state index contributed by atoms with van der Waals surface area (Å²) < 4.78 is 1.05. The van der Waals surface area contributed by atoms with Crippen molar-refractivity contribution < 1.29 is 5.11 Å². The van der Waals surface area contributed by atoms with E-state index in [1.807, 2.05) is 12.1 Å². The van der Waals surface area contributed by atoms with Crippen LogP contribution in [0, 0.1) is 0 Å². The van der Waals surface area contributed by atoms with Gasteiger partial charge in [-0.1, -0.05) is 19.4 Å². The average Bonchev–Trinajstić information content (AvgIpc) is 2.25. The van der Waals surface area contributed by atoms with Crippen LogP contribution in [0.1, 0.15) is 38.4 Å². The van der Waals surface area contributed by atoms with Crippen molar-refractivity contribution in [1.29, 1.82) is 0 Å². The van der Waals surface area contributed by atoms with Crippen LogP contribution in [0.5, 0.6) is 0 Å². The van der Waals surface area contributed by atoms with Crippen molar-refractivity contribution in [3.63, 3.8) is 0 Å². The molecule has 0 fully saturated rings. The van der Waals surface area contributed by atoms with Crippen LogP contribution in [-0.2, 0) is 0 Å². The Morgan fingerprint density at radius 1 is 1.44 bits per heavy atom. The van der Waals surface area contributed by atoms with Gasteiger partial charge in [0.15, 0.2) is 0 Å². The maximum absolute atomic E-state index is 9.48. The van der Waals surface area contributed by atoms with Crippen LogP contribution >= 0.6 is 15.9 Å². The molecule has 0 aliphatic rings. The first-order valence-electron chi connectivity index (χ1n) is 5.75. The second-order valence-electron chi connectivity index (χ2n) is 4.16. The molecule has 0 radical (unpaired) electrons. The number of hydrogen-bond acceptors (Lipinski definition) is 2. The summed E-state index contributed by atoms with van der Waals surface area (Å²) in [7, 11) is 2.10. The second kappa shape index (κ2) is 6.26. The second-order valence-corrected chi connectivity index (χ2v) is 5.02. The van der Waals surface area contributed by atoms with E-state index >= 15 is 0 Å². The number of aliphatic hydroxyl groups is 1. The van der Waals surface area contributed by atoms with E-state index in [1.54, 1.807) is 6.92 Å². The minimum atomic E-state index is -0.411. The fourth-order valence-corrected chi connectivity index (χ4v) is 2.31. The molecule has 1 aromatic carbocycles. The smallest absolute Gasteiger partial charge is 0.0762 e. The summed E-state index contributed by atoms with van der Waals surface area (Å²) in [4.78, 5) is 2.24. The number of nitrogens with zero attached hydrogens (tertiary/aromatic N) is 1. The van der Waals surface area contributed by atoms with E-state index in [0.29, 0.717) is 0 Å². The van der Waals surface area contributed by atoms with Crippen molar-refractivity contribution in [2.45, 2.75) is 32.8 Å².